The smallest absolute Gasteiger partial charge is 0.281 e. The Morgan fingerprint density at radius 3 is 2.72 bits per heavy atom. The molecule has 2 aliphatic heterocycles. The Morgan fingerprint density at radius 2 is 1.95 bits per heavy atom. The van der Waals surface area contributed by atoms with Crippen LogP contribution in [0.5, 0.6) is 11.5 Å². The number of nitrogens with zero attached hydrogens (tertiary/aromatic N) is 5. The Balaban J connectivity index is 1.20. The van der Waals surface area contributed by atoms with Gasteiger partial charge in [0.05, 0.1) is 32.5 Å². The van der Waals surface area contributed by atoms with Crippen LogP contribution in [0.2, 0.25) is 0 Å². The first-order valence-electron chi connectivity index (χ1n) is 14.4. The number of aromatic nitrogens is 3. The summed E-state index contributed by atoms with van der Waals surface area (Å²) in [5.41, 5.74) is 2.09. The van der Waals surface area contributed by atoms with Crippen LogP contribution in [0.25, 0.3) is 10.9 Å². The highest BCUT2D eigenvalue weighted by molar-refractivity contribution is 5.96. The lowest BCUT2D eigenvalue weighted by Crippen LogP contribution is -2.37. The first-order chi connectivity index (χ1) is 21.1. The molecule has 4 heterocycles. The van der Waals surface area contributed by atoms with Crippen LogP contribution < -0.4 is 25.7 Å². The third-order valence-corrected chi connectivity index (χ3v) is 7.48. The van der Waals surface area contributed by atoms with Crippen LogP contribution in [0, 0.1) is 5.82 Å². The number of amides is 1. The lowest BCUT2D eigenvalue weighted by atomic mass is 10.2. The summed E-state index contributed by atoms with van der Waals surface area (Å²) in [5, 5.41) is 7.42. The summed E-state index contributed by atoms with van der Waals surface area (Å²) in [5.74, 6) is 1.77. The van der Waals surface area contributed by atoms with Gasteiger partial charge in [-0.05, 0) is 48.4 Å². The molecule has 0 aliphatic carbocycles. The fourth-order valence-corrected chi connectivity index (χ4v) is 5.22. The number of hydrogen-bond donors (Lipinski definition) is 2. The molecule has 1 saturated heterocycles. The molecule has 0 radical (unpaired) electrons. The molecule has 1 amide bonds. The van der Waals surface area contributed by atoms with Crippen molar-refractivity contribution in [2.24, 2.45) is 4.99 Å². The molecule has 1 fully saturated rings. The van der Waals surface area contributed by atoms with Gasteiger partial charge >= 0.3 is 0 Å². The lowest BCUT2D eigenvalue weighted by Gasteiger charge is -2.26. The summed E-state index contributed by atoms with van der Waals surface area (Å²) in [4.78, 5) is 29.1. The zero-order valence-electron chi connectivity index (χ0n) is 24.0. The predicted molar refractivity (Wildman–Crippen MR) is 160 cm³/mol. The van der Waals surface area contributed by atoms with Crippen molar-refractivity contribution in [1.29, 1.82) is 0 Å². The molecular weight excluding hydrogens is 553 g/mol. The summed E-state index contributed by atoms with van der Waals surface area (Å²) in [6.07, 6.45) is 2.35. The van der Waals surface area contributed by atoms with Gasteiger partial charge in [0.25, 0.3) is 5.91 Å². The highest BCUT2D eigenvalue weighted by Gasteiger charge is 2.21. The van der Waals surface area contributed by atoms with Gasteiger partial charge in [-0.2, -0.15) is 4.99 Å². The molecule has 12 heteroatoms. The van der Waals surface area contributed by atoms with E-state index in [1.54, 1.807) is 31.4 Å². The van der Waals surface area contributed by atoms with Crippen LogP contribution in [0.1, 0.15) is 22.3 Å². The molecule has 43 heavy (non-hydrogen) atoms. The predicted octanol–water partition coefficient (Wildman–Crippen LogP) is 3.46. The normalized spacial score (nSPS) is 15.3. The van der Waals surface area contributed by atoms with Gasteiger partial charge in [0, 0.05) is 50.9 Å². The Kier molecular flexibility index (Phi) is 8.75. The minimum Gasteiger partial charge on any atom is -0.491 e. The number of carbonyl (C=O) groups excluding carboxylic acids is 1. The second-order valence-electron chi connectivity index (χ2n) is 10.3. The van der Waals surface area contributed by atoms with Crippen molar-refractivity contribution < 1.29 is 23.4 Å². The van der Waals surface area contributed by atoms with Crippen molar-refractivity contribution in [3.05, 3.63) is 77.3 Å². The number of nitrogens with one attached hydrogen (secondary N) is 2. The van der Waals surface area contributed by atoms with Crippen molar-refractivity contribution in [1.82, 2.24) is 19.4 Å². The van der Waals surface area contributed by atoms with E-state index in [-0.39, 0.29) is 11.4 Å². The Labute approximate surface area is 248 Å². The maximum absolute atomic E-state index is 13.2. The zero-order valence-corrected chi connectivity index (χ0v) is 24.0. The molecule has 0 unspecified atom stereocenters. The fraction of sp³-hybridized carbons (Fsp3) is 0.355. The van der Waals surface area contributed by atoms with Crippen LogP contribution in [0.3, 0.4) is 0 Å². The van der Waals surface area contributed by atoms with Crippen LogP contribution in [-0.2, 0) is 17.8 Å². The number of carbonyl (C=O) groups is 1. The molecule has 0 atom stereocenters. The van der Waals surface area contributed by atoms with E-state index in [4.69, 9.17) is 19.2 Å². The molecule has 2 aromatic heterocycles. The Bertz CT molecular complexity index is 1650. The van der Waals surface area contributed by atoms with Crippen molar-refractivity contribution in [2.45, 2.75) is 19.5 Å². The van der Waals surface area contributed by atoms with Gasteiger partial charge in [0.2, 0.25) is 5.62 Å². The second-order valence-corrected chi connectivity index (χ2v) is 10.3. The number of methoxy groups -OCH3 is 1. The van der Waals surface area contributed by atoms with Crippen LogP contribution in [0.15, 0.2) is 59.7 Å². The maximum atomic E-state index is 13.2. The Morgan fingerprint density at radius 1 is 1.12 bits per heavy atom. The van der Waals surface area contributed by atoms with E-state index in [1.807, 2.05) is 16.7 Å². The molecule has 6 rings (SSSR count). The van der Waals surface area contributed by atoms with Gasteiger partial charge in [-0.25, -0.2) is 14.4 Å². The zero-order chi connectivity index (χ0) is 29.6. The minimum atomic E-state index is -0.458. The molecule has 2 N–H and O–H groups in total. The molecule has 224 valence electrons. The van der Waals surface area contributed by atoms with E-state index in [1.165, 1.54) is 18.3 Å². The topological polar surface area (TPSA) is 115 Å². The minimum absolute atomic E-state index is 0.277. The first kappa shape index (κ1) is 28.6. The summed E-state index contributed by atoms with van der Waals surface area (Å²) in [6.45, 7) is 6.70. The fourth-order valence-electron chi connectivity index (χ4n) is 5.22. The standard InChI is InChI=1S/C31H34FN7O4/c1-41-28-25(43-16-2-12-38-14-17-42-18-15-38)9-8-24-27(28)36-31(39-13-11-33-29(24)39)37-30(40)22-5-10-26(35-20-22)34-19-21-3-6-23(32)7-4-21/h3-10,20,33H,2,11-19H2,1H3,(H,34,35). The number of morpholine rings is 1. The van der Waals surface area contributed by atoms with Gasteiger partial charge < -0.3 is 24.8 Å². The van der Waals surface area contributed by atoms with Crippen molar-refractivity contribution in [3.8, 4) is 11.5 Å². The number of ether oxygens (including phenoxy) is 3. The Hall–Kier alpha value is -4.55. The SMILES string of the molecule is COc1c(OCCCN2CCOCC2)ccc2c3n(c(=NC(=O)c4ccc(NCc5ccc(F)cc5)nc4)nc12)CCN3. The highest BCUT2D eigenvalue weighted by Crippen LogP contribution is 2.37. The van der Waals surface area contributed by atoms with Gasteiger partial charge in [-0.15, -0.1) is 0 Å². The molecule has 4 aromatic rings. The molecule has 0 spiro atoms. The van der Waals surface area contributed by atoms with Gasteiger partial charge in [0.15, 0.2) is 11.5 Å². The molecule has 0 bridgehead atoms. The number of pyridine rings is 1. The number of hydrogen-bond acceptors (Lipinski definition) is 9. The third-order valence-electron chi connectivity index (χ3n) is 7.48. The first-order valence-corrected chi connectivity index (χ1v) is 14.4. The molecule has 2 aliphatic rings. The van der Waals surface area contributed by atoms with Crippen molar-refractivity contribution >= 4 is 28.4 Å². The van der Waals surface area contributed by atoms with E-state index >= 15 is 0 Å². The monoisotopic (exact) mass is 587 g/mol. The van der Waals surface area contributed by atoms with Crippen LogP contribution in [-0.4, -0.2) is 78.5 Å². The van der Waals surface area contributed by atoms with Gasteiger partial charge in [-0.1, -0.05) is 12.1 Å². The van der Waals surface area contributed by atoms with E-state index in [2.05, 4.69) is 25.5 Å². The molecule has 2 aromatic carbocycles. The van der Waals surface area contributed by atoms with Crippen molar-refractivity contribution in [2.75, 3.05) is 63.7 Å². The number of benzene rings is 2. The summed E-state index contributed by atoms with van der Waals surface area (Å²) in [6, 6.07) is 13.5. The second kappa shape index (κ2) is 13.2. The number of fused-ring (bicyclic) bond motifs is 3. The summed E-state index contributed by atoms with van der Waals surface area (Å²) < 4.78 is 32.4. The molecular formula is C31H34FN7O4. The highest BCUT2D eigenvalue weighted by atomic mass is 19.1. The van der Waals surface area contributed by atoms with E-state index in [0.29, 0.717) is 54.6 Å². The van der Waals surface area contributed by atoms with E-state index in [9.17, 15) is 9.18 Å². The van der Waals surface area contributed by atoms with Crippen LogP contribution >= 0.6 is 0 Å². The largest absolute Gasteiger partial charge is 0.491 e. The van der Waals surface area contributed by atoms with Crippen LogP contribution in [0.4, 0.5) is 16.0 Å². The maximum Gasteiger partial charge on any atom is 0.281 e. The quantitative estimate of drug-likeness (QED) is 0.269. The van der Waals surface area contributed by atoms with Gasteiger partial charge in [-0.3, -0.25) is 14.3 Å². The number of rotatable bonds is 10. The third kappa shape index (κ3) is 6.60. The molecule has 11 nitrogen and oxygen atoms in total. The molecule has 0 saturated carbocycles. The average Bonchev–Trinajstić information content (AvgIpc) is 3.54. The average molecular weight is 588 g/mol. The van der Waals surface area contributed by atoms with E-state index < -0.39 is 5.91 Å². The van der Waals surface area contributed by atoms with Crippen molar-refractivity contribution in [3.63, 3.8) is 0 Å². The van der Waals surface area contributed by atoms with Gasteiger partial charge in [0.1, 0.15) is 23.0 Å². The van der Waals surface area contributed by atoms with E-state index in [0.717, 1.165) is 56.0 Å². The lowest BCUT2D eigenvalue weighted by molar-refractivity contribution is 0.0357. The number of anilines is 2. The summed E-state index contributed by atoms with van der Waals surface area (Å²) in [7, 11) is 1.59. The number of halogens is 1. The summed E-state index contributed by atoms with van der Waals surface area (Å²) >= 11 is 0.